The number of nitrogens with zero attached hydrogens (tertiary/aromatic N) is 3. The molecule has 0 N–H and O–H groups in total. The van der Waals surface area contributed by atoms with E-state index in [0.29, 0.717) is 0 Å². The van der Waals surface area contributed by atoms with E-state index in [0.717, 1.165) is 11.4 Å². The number of fused-ring (bicyclic) bond motifs is 8. The van der Waals surface area contributed by atoms with Crippen LogP contribution in [0.25, 0.3) is 71.8 Å². The molecule has 0 aliphatic carbocycles. The molecular weight excluding hydrogens is 498 g/mol. The van der Waals surface area contributed by atoms with Gasteiger partial charge >= 0.3 is 0 Å². The van der Waals surface area contributed by atoms with Gasteiger partial charge in [-0.15, -0.1) is 0 Å². The Morgan fingerprint density at radius 2 is 0.976 bits per heavy atom. The number of para-hydroxylation sites is 3. The third-order valence-corrected chi connectivity index (χ3v) is 8.44. The molecule has 192 valence electrons. The fraction of sp³-hybridized carbons (Fsp3) is 0. The molecular formula is C38H25N3. The molecule has 9 rings (SSSR count). The van der Waals surface area contributed by atoms with Crippen LogP contribution in [0.15, 0.2) is 152 Å². The first kappa shape index (κ1) is 22.3. The first-order valence-electron chi connectivity index (χ1n) is 14.0. The van der Waals surface area contributed by atoms with Crippen molar-refractivity contribution in [3.05, 3.63) is 152 Å². The molecule has 0 radical (unpaired) electrons. The number of hydrogen-bond acceptors (Lipinski definition) is 0. The highest BCUT2D eigenvalue weighted by molar-refractivity contribution is 6.20. The Morgan fingerprint density at radius 1 is 0.390 bits per heavy atom. The predicted molar refractivity (Wildman–Crippen MR) is 172 cm³/mol. The van der Waals surface area contributed by atoms with Crippen molar-refractivity contribution < 1.29 is 0 Å². The highest BCUT2D eigenvalue weighted by Crippen LogP contribution is 2.44. The number of aromatic nitrogens is 3. The smallest absolute Gasteiger partial charge is 0.131 e. The Balaban J connectivity index is 1.48. The average Bonchev–Trinajstić information content (AvgIpc) is 3.67. The summed E-state index contributed by atoms with van der Waals surface area (Å²) in [6.07, 6.45) is 2.19. The third-order valence-electron chi connectivity index (χ3n) is 8.44. The van der Waals surface area contributed by atoms with Gasteiger partial charge in [0.15, 0.2) is 0 Å². The molecule has 0 atom stereocenters. The van der Waals surface area contributed by atoms with E-state index in [2.05, 4.69) is 165 Å². The Bertz CT molecular complexity index is 2310. The summed E-state index contributed by atoms with van der Waals surface area (Å²) >= 11 is 0. The summed E-state index contributed by atoms with van der Waals surface area (Å²) in [5.74, 6) is 0. The first-order valence-corrected chi connectivity index (χ1v) is 14.0. The van der Waals surface area contributed by atoms with Gasteiger partial charge in [-0.2, -0.15) is 0 Å². The van der Waals surface area contributed by atoms with Crippen molar-refractivity contribution in [1.82, 2.24) is 13.5 Å². The standard InChI is InChI=1S/C38H25N3/c1-3-13-26(14-4-1)36-35-21-11-12-24-39(35)38-37(36)31-25-28(22-23-34(31)41(38)27-15-5-2-6-16-27)40-32-19-9-7-17-29(32)30-18-8-10-20-33(30)40/h1-25H. The van der Waals surface area contributed by atoms with Crippen molar-refractivity contribution in [2.45, 2.75) is 0 Å². The van der Waals surface area contributed by atoms with Crippen LogP contribution in [0.5, 0.6) is 0 Å². The molecule has 0 unspecified atom stereocenters. The zero-order valence-corrected chi connectivity index (χ0v) is 22.3. The van der Waals surface area contributed by atoms with E-state index in [1.807, 2.05) is 0 Å². The van der Waals surface area contributed by atoms with Crippen molar-refractivity contribution in [3.8, 4) is 22.5 Å². The molecule has 0 saturated heterocycles. The van der Waals surface area contributed by atoms with Crippen LogP contribution in [0.2, 0.25) is 0 Å². The van der Waals surface area contributed by atoms with Gasteiger partial charge in [-0.25, -0.2) is 0 Å². The normalized spacial score (nSPS) is 11.9. The van der Waals surface area contributed by atoms with E-state index in [9.17, 15) is 0 Å². The van der Waals surface area contributed by atoms with Gasteiger partial charge in [0.25, 0.3) is 0 Å². The van der Waals surface area contributed by atoms with Gasteiger partial charge in [0.1, 0.15) is 5.65 Å². The van der Waals surface area contributed by atoms with Gasteiger partial charge in [0.2, 0.25) is 0 Å². The van der Waals surface area contributed by atoms with E-state index in [4.69, 9.17) is 0 Å². The zero-order valence-electron chi connectivity index (χ0n) is 22.3. The van der Waals surface area contributed by atoms with Gasteiger partial charge in [-0.05, 0) is 60.2 Å². The maximum Gasteiger partial charge on any atom is 0.131 e. The molecule has 5 aromatic carbocycles. The molecule has 0 saturated carbocycles. The summed E-state index contributed by atoms with van der Waals surface area (Å²) in [7, 11) is 0. The van der Waals surface area contributed by atoms with Gasteiger partial charge in [-0.1, -0.05) is 91.0 Å². The number of rotatable bonds is 3. The molecule has 0 spiro atoms. The van der Waals surface area contributed by atoms with E-state index >= 15 is 0 Å². The molecule has 4 aromatic heterocycles. The van der Waals surface area contributed by atoms with Crippen LogP contribution < -0.4 is 0 Å². The fourth-order valence-electron chi connectivity index (χ4n) is 6.78. The lowest BCUT2D eigenvalue weighted by Gasteiger charge is -2.11. The van der Waals surface area contributed by atoms with E-state index in [-0.39, 0.29) is 0 Å². The Hall–Kier alpha value is -5.54. The molecule has 0 aliphatic heterocycles. The van der Waals surface area contributed by atoms with Crippen molar-refractivity contribution >= 4 is 49.3 Å². The van der Waals surface area contributed by atoms with Crippen molar-refractivity contribution in [2.75, 3.05) is 0 Å². The van der Waals surface area contributed by atoms with Gasteiger partial charge in [0, 0.05) is 44.7 Å². The third kappa shape index (κ3) is 3.09. The maximum atomic E-state index is 2.42. The van der Waals surface area contributed by atoms with Gasteiger partial charge in [0.05, 0.1) is 22.1 Å². The molecule has 0 bridgehead atoms. The lowest BCUT2D eigenvalue weighted by atomic mass is 10.0. The molecule has 0 aliphatic rings. The molecule has 9 aromatic rings. The zero-order chi connectivity index (χ0) is 26.9. The van der Waals surface area contributed by atoms with Crippen LogP contribution in [0, 0.1) is 0 Å². The van der Waals surface area contributed by atoms with Crippen LogP contribution in [0.1, 0.15) is 0 Å². The number of benzene rings is 5. The van der Waals surface area contributed by atoms with Gasteiger partial charge < -0.3 is 8.97 Å². The first-order chi connectivity index (χ1) is 20.4. The second-order valence-corrected chi connectivity index (χ2v) is 10.6. The van der Waals surface area contributed by atoms with Crippen molar-refractivity contribution in [1.29, 1.82) is 0 Å². The van der Waals surface area contributed by atoms with Crippen LogP contribution >= 0.6 is 0 Å². The van der Waals surface area contributed by atoms with Crippen LogP contribution in [0.3, 0.4) is 0 Å². The van der Waals surface area contributed by atoms with E-state index in [1.54, 1.807) is 0 Å². The average molecular weight is 524 g/mol. The summed E-state index contributed by atoms with van der Waals surface area (Å²) in [5, 5.41) is 5.05. The van der Waals surface area contributed by atoms with E-state index in [1.165, 1.54) is 60.4 Å². The summed E-state index contributed by atoms with van der Waals surface area (Å²) in [4.78, 5) is 0. The van der Waals surface area contributed by atoms with Crippen molar-refractivity contribution in [3.63, 3.8) is 0 Å². The SMILES string of the molecule is c1ccc(-c2c3c4cc(-n5c6ccccc6c6ccccc65)ccc4n(-c4ccccc4)c3n3ccccc23)cc1. The molecule has 3 nitrogen and oxygen atoms in total. The molecule has 0 fully saturated rings. The summed E-state index contributed by atoms with van der Waals surface area (Å²) in [6, 6.07) is 52.4. The molecule has 3 heteroatoms. The van der Waals surface area contributed by atoms with E-state index < -0.39 is 0 Å². The lowest BCUT2D eigenvalue weighted by molar-refractivity contribution is 1.10. The summed E-state index contributed by atoms with van der Waals surface area (Å²) in [5.41, 5.74) is 10.8. The quantitative estimate of drug-likeness (QED) is 0.219. The second kappa shape index (κ2) is 8.48. The van der Waals surface area contributed by atoms with Crippen molar-refractivity contribution in [2.24, 2.45) is 0 Å². The minimum Gasteiger partial charge on any atom is -0.309 e. The topological polar surface area (TPSA) is 14.3 Å². The Kier molecular flexibility index (Phi) is 4.61. The Morgan fingerprint density at radius 3 is 1.71 bits per heavy atom. The predicted octanol–water partition coefficient (Wildman–Crippen LogP) is 9.80. The number of pyridine rings is 1. The summed E-state index contributed by atoms with van der Waals surface area (Å²) < 4.78 is 7.18. The maximum absolute atomic E-state index is 2.42. The molecule has 0 amide bonds. The summed E-state index contributed by atoms with van der Waals surface area (Å²) in [6.45, 7) is 0. The van der Waals surface area contributed by atoms with Gasteiger partial charge in [-0.3, -0.25) is 4.57 Å². The number of hydrogen-bond donors (Lipinski definition) is 0. The molecule has 4 heterocycles. The molecule has 41 heavy (non-hydrogen) atoms. The van der Waals surface area contributed by atoms with Crippen LogP contribution in [-0.4, -0.2) is 13.5 Å². The fourth-order valence-corrected chi connectivity index (χ4v) is 6.78. The highest BCUT2D eigenvalue weighted by Gasteiger charge is 2.23. The largest absolute Gasteiger partial charge is 0.309 e. The second-order valence-electron chi connectivity index (χ2n) is 10.6. The minimum absolute atomic E-state index is 1.15. The Labute approximate surface area is 236 Å². The minimum atomic E-state index is 1.15. The van der Waals surface area contributed by atoms with Crippen LogP contribution in [0.4, 0.5) is 0 Å². The van der Waals surface area contributed by atoms with Crippen LogP contribution in [-0.2, 0) is 0 Å². The monoisotopic (exact) mass is 523 g/mol. The highest BCUT2D eigenvalue weighted by atomic mass is 15.1. The lowest BCUT2D eigenvalue weighted by Crippen LogP contribution is -1.98.